The summed E-state index contributed by atoms with van der Waals surface area (Å²) in [7, 11) is 0. The Kier molecular flexibility index (Phi) is 6.63. The van der Waals surface area contributed by atoms with Gasteiger partial charge >= 0.3 is 11.9 Å². The Bertz CT molecular complexity index is 971. The molecule has 4 N–H and O–H groups in total. The number of carboxylic acids is 1. The first-order chi connectivity index (χ1) is 13.1. The van der Waals surface area contributed by atoms with Crippen molar-refractivity contribution in [1.29, 1.82) is 0 Å². The molecule has 0 saturated heterocycles. The van der Waals surface area contributed by atoms with Crippen molar-refractivity contribution in [3.8, 4) is 11.3 Å². The number of aliphatic carboxylic acids is 1. The lowest BCUT2D eigenvalue weighted by atomic mass is 10.1. The van der Waals surface area contributed by atoms with Crippen molar-refractivity contribution in [3.63, 3.8) is 0 Å². The van der Waals surface area contributed by atoms with Gasteiger partial charge in [0.25, 0.3) is 5.56 Å². The summed E-state index contributed by atoms with van der Waals surface area (Å²) in [6, 6.07) is 4.18. The number of halogens is 1. The largest absolute Gasteiger partial charge is 0.480 e. The number of nitrogen functional groups attached to an aromatic ring is 1. The number of hydrogen-bond acceptors (Lipinski definition) is 7. The second-order valence-corrected chi connectivity index (χ2v) is 6.61. The summed E-state index contributed by atoms with van der Waals surface area (Å²) < 4.78 is 5.95. The normalized spacial score (nSPS) is 10.8. The lowest BCUT2D eigenvalue weighted by molar-refractivity contribution is -0.137. The predicted octanol–water partition coefficient (Wildman–Crippen LogP) is 2.23. The molecule has 28 heavy (non-hydrogen) atoms. The van der Waals surface area contributed by atoms with Crippen molar-refractivity contribution in [2.45, 2.75) is 33.4 Å². The number of esters is 1. The second-order valence-electron chi connectivity index (χ2n) is 6.25. The third kappa shape index (κ3) is 4.80. The molecule has 0 saturated carbocycles. The van der Waals surface area contributed by atoms with E-state index in [0.717, 1.165) is 4.57 Å². The maximum Gasteiger partial charge on any atom is 0.338 e. The average Bonchev–Trinajstić information content (AvgIpc) is 2.58. The van der Waals surface area contributed by atoms with Crippen molar-refractivity contribution in [2.24, 2.45) is 0 Å². The molecule has 1 aromatic heterocycles. The molecular formula is C18H21ClN4O5. The van der Waals surface area contributed by atoms with Gasteiger partial charge in [-0.05, 0) is 39.0 Å². The first-order valence-electron chi connectivity index (χ1n) is 8.50. The van der Waals surface area contributed by atoms with Gasteiger partial charge in [0.1, 0.15) is 6.54 Å². The number of ether oxygens (including phenoxy) is 1. The monoisotopic (exact) mass is 408 g/mol. The molecule has 1 heterocycles. The van der Waals surface area contributed by atoms with Crippen molar-refractivity contribution < 1.29 is 19.4 Å². The standard InChI is InChI=1S/C18H21ClN4O5/c1-4-28-18(27)11-5-10(6-12(20)7-11)14-15(19)22-16(21-9(2)3)17(26)23(14)8-13(24)25/h5-7,9H,4,8,20H2,1-3H3,(H,21,22)(H,24,25). The van der Waals surface area contributed by atoms with Gasteiger partial charge in [0.15, 0.2) is 11.0 Å². The molecule has 150 valence electrons. The van der Waals surface area contributed by atoms with E-state index in [1.165, 1.54) is 18.2 Å². The van der Waals surface area contributed by atoms with Crippen LogP contribution in [-0.2, 0) is 16.1 Å². The number of nitrogens with zero attached hydrogens (tertiary/aromatic N) is 2. The van der Waals surface area contributed by atoms with Crippen molar-refractivity contribution in [1.82, 2.24) is 9.55 Å². The Morgan fingerprint density at radius 3 is 2.61 bits per heavy atom. The summed E-state index contributed by atoms with van der Waals surface area (Å²) >= 11 is 6.29. The minimum Gasteiger partial charge on any atom is -0.480 e. The summed E-state index contributed by atoms with van der Waals surface area (Å²) in [5.41, 5.74) is 5.90. The first-order valence-corrected chi connectivity index (χ1v) is 8.88. The average molecular weight is 409 g/mol. The molecule has 0 radical (unpaired) electrons. The van der Waals surface area contributed by atoms with Crippen LogP contribution < -0.4 is 16.6 Å². The molecule has 0 aliphatic carbocycles. The minimum atomic E-state index is -1.24. The topological polar surface area (TPSA) is 137 Å². The van der Waals surface area contributed by atoms with E-state index in [1.54, 1.807) is 20.8 Å². The number of carboxylic acid groups (broad SMARTS) is 1. The van der Waals surface area contributed by atoms with E-state index < -0.39 is 24.0 Å². The molecule has 0 unspecified atom stereocenters. The molecule has 2 rings (SSSR count). The molecule has 0 bridgehead atoms. The van der Waals surface area contributed by atoms with Crippen LogP contribution in [0.1, 0.15) is 31.1 Å². The highest BCUT2D eigenvalue weighted by atomic mass is 35.5. The summed E-state index contributed by atoms with van der Waals surface area (Å²) in [6.07, 6.45) is 0. The number of nitrogens with one attached hydrogen (secondary N) is 1. The molecule has 0 amide bonds. The number of benzene rings is 1. The fraction of sp³-hybridized carbons (Fsp3) is 0.333. The van der Waals surface area contributed by atoms with E-state index in [9.17, 15) is 19.5 Å². The van der Waals surface area contributed by atoms with Gasteiger partial charge in [0, 0.05) is 17.3 Å². The Balaban J connectivity index is 2.74. The zero-order chi connectivity index (χ0) is 21.0. The van der Waals surface area contributed by atoms with Crippen molar-refractivity contribution >= 4 is 35.0 Å². The fourth-order valence-corrected chi connectivity index (χ4v) is 2.88. The van der Waals surface area contributed by atoms with Crippen LogP contribution in [0.25, 0.3) is 11.3 Å². The van der Waals surface area contributed by atoms with E-state index >= 15 is 0 Å². The lowest BCUT2D eigenvalue weighted by Crippen LogP contribution is -2.31. The number of anilines is 2. The maximum absolute atomic E-state index is 12.8. The van der Waals surface area contributed by atoms with E-state index in [-0.39, 0.29) is 46.1 Å². The molecule has 10 heteroatoms. The highest BCUT2D eigenvalue weighted by Gasteiger charge is 2.21. The minimum absolute atomic E-state index is 0.0428. The Morgan fingerprint density at radius 2 is 2.04 bits per heavy atom. The third-order valence-electron chi connectivity index (χ3n) is 3.58. The maximum atomic E-state index is 12.8. The van der Waals surface area contributed by atoms with Gasteiger partial charge in [0.05, 0.1) is 17.9 Å². The molecular weight excluding hydrogens is 388 g/mol. The third-order valence-corrected chi connectivity index (χ3v) is 3.85. The smallest absolute Gasteiger partial charge is 0.338 e. The number of rotatable bonds is 7. The summed E-state index contributed by atoms with van der Waals surface area (Å²) in [5.74, 6) is -1.92. The van der Waals surface area contributed by atoms with Gasteiger partial charge in [-0.25, -0.2) is 9.78 Å². The summed E-state index contributed by atoms with van der Waals surface area (Å²) in [6.45, 7) is 4.79. The Morgan fingerprint density at radius 1 is 1.36 bits per heavy atom. The zero-order valence-corrected chi connectivity index (χ0v) is 16.4. The number of aromatic nitrogens is 2. The molecule has 9 nitrogen and oxygen atoms in total. The van der Waals surface area contributed by atoms with E-state index in [2.05, 4.69) is 10.3 Å². The first kappa shape index (κ1) is 21.2. The summed E-state index contributed by atoms with van der Waals surface area (Å²) in [4.78, 5) is 40.3. The molecule has 2 aromatic rings. The molecule has 1 aromatic carbocycles. The highest BCUT2D eigenvalue weighted by molar-refractivity contribution is 6.32. The number of carbonyl (C=O) groups is 2. The number of nitrogens with two attached hydrogens (primary N) is 1. The predicted molar refractivity (Wildman–Crippen MR) is 106 cm³/mol. The van der Waals surface area contributed by atoms with Gasteiger partial charge in [-0.15, -0.1) is 0 Å². The summed E-state index contributed by atoms with van der Waals surface area (Å²) in [5, 5.41) is 12.0. The molecule has 0 fully saturated rings. The molecule has 0 atom stereocenters. The quantitative estimate of drug-likeness (QED) is 0.468. The van der Waals surface area contributed by atoms with Gasteiger partial charge in [0.2, 0.25) is 0 Å². The molecule has 0 aliphatic heterocycles. The van der Waals surface area contributed by atoms with Crippen LogP contribution >= 0.6 is 11.6 Å². The second kappa shape index (κ2) is 8.75. The van der Waals surface area contributed by atoms with Gasteiger partial charge in [-0.2, -0.15) is 0 Å². The lowest BCUT2D eigenvalue weighted by Gasteiger charge is -2.17. The highest BCUT2D eigenvalue weighted by Crippen LogP contribution is 2.29. The van der Waals surface area contributed by atoms with Crippen LogP contribution in [0.4, 0.5) is 11.5 Å². The van der Waals surface area contributed by atoms with E-state index in [1.807, 2.05) is 0 Å². The Hall–Kier alpha value is -3.07. The van der Waals surface area contributed by atoms with Gasteiger partial charge in [-0.3, -0.25) is 14.2 Å². The van der Waals surface area contributed by atoms with Crippen LogP contribution in [0.5, 0.6) is 0 Å². The molecule has 0 aliphatic rings. The number of hydrogen-bond donors (Lipinski definition) is 3. The zero-order valence-electron chi connectivity index (χ0n) is 15.7. The van der Waals surface area contributed by atoms with E-state index in [4.69, 9.17) is 22.1 Å². The van der Waals surface area contributed by atoms with E-state index in [0.29, 0.717) is 0 Å². The van der Waals surface area contributed by atoms with Gasteiger partial charge in [-0.1, -0.05) is 11.6 Å². The van der Waals surface area contributed by atoms with Gasteiger partial charge < -0.3 is 20.9 Å². The van der Waals surface area contributed by atoms with Crippen molar-refractivity contribution in [3.05, 3.63) is 39.3 Å². The van der Waals surface area contributed by atoms with Crippen LogP contribution in [-0.4, -0.2) is 39.2 Å². The van der Waals surface area contributed by atoms with Crippen LogP contribution in [0.2, 0.25) is 5.15 Å². The Labute approximate surface area is 166 Å². The van der Waals surface area contributed by atoms with Crippen LogP contribution in [0.15, 0.2) is 23.0 Å². The van der Waals surface area contributed by atoms with Crippen molar-refractivity contribution in [2.75, 3.05) is 17.7 Å². The fourth-order valence-electron chi connectivity index (χ4n) is 2.59. The molecule has 0 spiro atoms. The van der Waals surface area contributed by atoms with Crippen LogP contribution in [0.3, 0.4) is 0 Å². The van der Waals surface area contributed by atoms with Crippen LogP contribution in [0, 0.1) is 0 Å². The number of carbonyl (C=O) groups excluding carboxylic acids is 1. The SMILES string of the molecule is CCOC(=O)c1cc(N)cc(-c2c(Cl)nc(NC(C)C)c(=O)n2CC(=O)O)c1.